The molecule has 0 atom stereocenters. The highest BCUT2D eigenvalue weighted by molar-refractivity contribution is 6.34. The minimum atomic E-state index is -0.918. The van der Waals surface area contributed by atoms with Gasteiger partial charge in [-0.2, -0.15) is 0 Å². The summed E-state index contributed by atoms with van der Waals surface area (Å²) < 4.78 is 0. The lowest BCUT2D eigenvalue weighted by Gasteiger charge is -2.07. The quantitative estimate of drug-likeness (QED) is 0.332. The van der Waals surface area contributed by atoms with Crippen molar-refractivity contribution < 1.29 is 14.7 Å². The van der Waals surface area contributed by atoms with E-state index in [2.05, 4.69) is 16.4 Å². The molecule has 0 bridgehead atoms. The van der Waals surface area contributed by atoms with E-state index in [0.29, 0.717) is 28.6 Å². The van der Waals surface area contributed by atoms with Crippen LogP contribution >= 0.6 is 11.6 Å². The number of halogens is 1. The van der Waals surface area contributed by atoms with Gasteiger partial charge in [-0.15, -0.1) is 0 Å². The summed E-state index contributed by atoms with van der Waals surface area (Å²) in [5, 5.41) is 14.0. The Bertz CT molecular complexity index is 1380. The second-order valence-corrected chi connectivity index (χ2v) is 9.08. The lowest BCUT2D eigenvalue weighted by molar-refractivity contribution is 0.0695. The van der Waals surface area contributed by atoms with Gasteiger partial charge in [0.25, 0.3) is 5.91 Å². The van der Waals surface area contributed by atoms with Crippen LogP contribution < -0.4 is 5.32 Å². The summed E-state index contributed by atoms with van der Waals surface area (Å²) in [6.07, 6.45) is 2.71. The molecule has 1 aliphatic rings. The number of aromatic nitrogens is 1. The maximum atomic E-state index is 12.2. The van der Waals surface area contributed by atoms with Gasteiger partial charge in [0, 0.05) is 40.2 Å². The number of fused-ring (bicyclic) bond motifs is 1. The van der Waals surface area contributed by atoms with Gasteiger partial charge in [-0.05, 0) is 72.9 Å². The lowest BCUT2D eigenvalue weighted by atomic mass is 10.0. The third kappa shape index (κ3) is 4.50. The molecule has 1 fully saturated rings. The van der Waals surface area contributed by atoms with Gasteiger partial charge in [-0.3, -0.25) is 4.79 Å². The predicted molar refractivity (Wildman–Crippen MR) is 130 cm³/mol. The van der Waals surface area contributed by atoms with E-state index < -0.39 is 5.97 Å². The van der Waals surface area contributed by atoms with Crippen molar-refractivity contribution in [2.45, 2.75) is 32.2 Å². The maximum Gasteiger partial charge on any atom is 0.335 e. The molecular formula is C27H23ClN2O3. The highest BCUT2D eigenvalue weighted by atomic mass is 35.5. The molecule has 0 saturated heterocycles. The van der Waals surface area contributed by atoms with Gasteiger partial charge in [0.1, 0.15) is 0 Å². The van der Waals surface area contributed by atoms with Crippen LogP contribution in [-0.4, -0.2) is 28.0 Å². The molecule has 1 heterocycles. The summed E-state index contributed by atoms with van der Waals surface area (Å²) >= 11 is 6.60. The fourth-order valence-electron chi connectivity index (χ4n) is 4.06. The first kappa shape index (κ1) is 21.3. The summed E-state index contributed by atoms with van der Waals surface area (Å²) in [7, 11) is 0. The summed E-state index contributed by atoms with van der Waals surface area (Å²) in [6.45, 7) is 1.80. The third-order valence-electron chi connectivity index (χ3n) is 6.06. The van der Waals surface area contributed by atoms with E-state index in [1.165, 1.54) is 0 Å². The number of amides is 1. The van der Waals surface area contributed by atoms with Crippen molar-refractivity contribution in [3.63, 3.8) is 0 Å². The number of aromatic carboxylic acids is 1. The first-order valence-corrected chi connectivity index (χ1v) is 11.3. The molecule has 6 heteroatoms. The number of nitrogens with one attached hydrogen (secondary N) is 2. The van der Waals surface area contributed by atoms with E-state index >= 15 is 0 Å². The van der Waals surface area contributed by atoms with Crippen LogP contribution in [0, 0.1) is 6.92 Å². The summed E-state index contributed by atoms with van der Waals surface area (Å²) in [4.78, 5) is 27.1. The molecule has 33 heavy (non-hydrogen) atoms. The Balaban J connectivity index is 1.40. The monoisotopic (exact) mass is 458 g/mol. The van der Waals surface area contributed by atoms with E-state index in [0.717, 1.165) is 51.7 Å². The Morgan fingerprint density at radius 1 is 1.06 bits per heavy atom. The van der Waals surface area contributed by atoms with Gasteiger partial charge in [0.05, 0.1) is 10.6 Å². The zero-order chi connectivity index (χ0) is 23.1. The van der Waals surface area contributed by atoms with Crippen LogP contribution in [0.2, 0.25) is 5.02 Å². The van der Waals surface area contributed by atoms with Crippen LogP contribution in [0.5, 0.6) is 0 Å². The first-order chi connectivity index (χ1) is 15.9. The number of hydrogen-bond acceptors (Lipinski definition) is 2. The SMILES string of the molecule is Cc1ccc(Cc2cc3cc(-c4ccc(C(=O)NC5CC5)cc4)c(Cl)cc3[nH]2)cc1C(=O)O. The Morgan fingerprint density at radius 2 is 1.82 bits per heavy atom. The van der Waals surface area contributed by atoms with Crippen molar-refractivity contribution in [1.82, 2.24) is 10.3 Å². The number of aryl methyl sites for hydroxylation is 1. The number of hydrogen-bond donors (Lipinski definition) is 3. The van der Waals surface area contributed by atoms with E-state index in [-0.39, 0.29) is 5.91 Å². The summed E-state index contributed by atoms with van der Waals surface area (Å²) in [5.74, 6) is -0.957. The second kappa shape index (κ2) is 8.41. The molecule has 3 aromatic carbocycles. The molecule has 0 radical (unpaired) electrons. The number of carbonyl (C=O) groups excluding carboxylic acids is 1. The van der Waals surface area contributed by atoms with E-state index in [1.807, 2.05) is 48.5 Å². The smallest absolute Gasteiger partial charge is 0.335 e. The number of carboxylic acid groups (broad SMARTS) is 1. The molecule has 0 aliphatic heterocycles. The number of rotatable bonds is 6. The molecule has 1 aliphatic carbocycles. The number of H-pyrrole nitrogens is 1. The van der Waals surface area contributed by atoms with Crippen LogP contribution in [0.25, 0.3) is 22.0 Å². The molecule has 1 saturated carbocycles. The fourth-order valence-corrected chi connectivity index (χ4v) is 4.33. The van der Waals surface area contributed by atoms with Crippen LogP contribution in [0.4, 0.5) is 0 Å². The van der Waals surface area contributed by atoms with Crippen molar-refractivity contribution in [1.29, 1.82) is 0 Å². The van der Waals surface area contributed by atoms with Crippen molar-refractivity contribution in [3.05, 3.63) is 93.6 Å². The Labute approximate surface area is 196 Å². The van der Waals surface area contributed by atoms with Gasteiger partial charge in [-0.1, -0.05) is 35.9 Å². The average Bonchev–Trinajstić information content (AvgIpc) is 3.52. The highest BCUT2D eigenvalue weighted by Crippen LogP contribution is 2.33. The van der Waals surface area contributed by atoms with Gasteiger partial charge < -0.3 is 15.4 Å². The molecule has 5 rings (SSSR count). The summed E-state index contributed by atoms with van der Waals surface area (Å²) in [5.41, 5.74) is 6.37. The maximum absolute atomic E-state index is 12.2. The van der Waals surface area contributed by atoms with Crippen molar-refractivity contribution >= 4 is 34.4 Å². The second-order valence-electron chi connectivity index (χ2n) is 8.67. The Hall–Kier alpha value is -3.57. The predicted octanol–water partition coefficient (Wildman–Crippen LogP) is 5.98. The van der Waals surface area contributed by atoms with E-state index in [1.54, 1.807) is 13.0 Å². The van der Waals surface area contributed by atoms with E-state index in [4.69, 9.17) is 11.6 Å². The van der Waals surface area contributed by atoms with Crippen molar-refractivity contribution in [3.8, 4) is 11.1 Å². The van der Waals surface area contributed by atoms with Gasteiger partial charge >= 0.3 is 5.97 Å². The van der Waals surface area contributed by atoms with Gasteiger partial charge in [0.2, 0.25) is 0 Å². The molecule has 0 unspecified atom stereocenters. The molecule has 4 aromatic rings. The average molecular weight is 459 g/mol. The fraction of sp³-hybridized carbons (Fsp3) is 0.185. The first-order valence-electron chi connectivity index (χ1n) is 10.9. The Morgan fingerprint density at radius 3 is 2.52 bits per heavy atom. The lowest BCUT2D eigenvalue weighted by Crippen LogP contribution is -2.25. The normalized spacial score (nSPS) is 13.3. The standard InChI is InChI=1S/C27H23ClN2O3/c1-15-2-3-16(11-22(15)27(32)33)10-21-12-19-13-23(24(28)14-25(19)29-21)17-4-6-18(7-5-17)26(31)30-20-8-9-20/h2-7,11-14,20,29H,8-10H2,1H3,(H,30,31)(H,32,33). The topological polar surface area (TPSA) is 82.2 Å². The largest absolute Gasteiger partial charge is 0.478 e. The molecule has 1 amide bonds. The van der Waals surface area contributed by atoms with Crippen LogP contribution in [0.15, 0.2) is 60.7 Å². The summed E-state index contributed by atoms with van der Waals surface area (Å²) in [6, 6.07) is 19.3. The molecule has 166 valence electrons. The number of aromatic amines is 1. The van der Waals surface area contributed by atoms with Crippen LogP contribution in [-0.2, 0) is 6.42 Å². The van der Waals surface area contributed by atoms with E-state index in [9.17, 15) is 14.7 Å². The zero-order valence-corrected chi connectivity index (χ0v) is 18.9. The van der Waals surface area contributed by atoms with Gasteiger partial charge in [-0.25, -0.2) is 4.79 Å². The minimum absolute atomic E-state index is 0.0389. The molecule has 3 N–H and O–H groups in total. The van der Waals surface area contributed by atoms with Crippen LogP contribution in [0.1, 0.15) is 50.4 Å². The van der Waals surface area contributed by atoms with Crippen LogP contribution in [0.3, 0.4) is 0 Å². The van der Waals surface area contributed by atoms with Crippen molar-refractivity contribution in [2.75, 3.05) is 0 Å². The minimum Gasteiger partial charge on any atom is -0.478 e. The van der Waals surface area contributed by atoms with Gasteiger partial charge in [0.15, 0.2) is 0 Å². The molecular weight excluding hydrogens is 436 g/mol. The number of carboxylic acids is 1. The highest BCUT2D eigenvalue weighted by Gasteiger charge is 2.23. The van der Waals surface area contributed by atoms with Crippen molar-refractivity contribution in [2.24, 2.45) is 0 Å². The Kier molecular flexibility index (Phi) is 5.43. The molecule has 1 aromatic heterocycles. The third-order valence-corrected chi connectivity index (χ3v) is 6.37. The molecule has 5 nitrogen and oxygen atoms in total. The number of benzene rings is 3. The molecule has 0 spiro atoms. The zero-order valence-electron chi connectivity index (χ0n) is 18.1. The number of carbonyl (C=O) groups is 2.